The van der Waals surface area contributed by atoms with E-state index in [0.29, 0.717) is 32.0 Å². The highest BCUT2D eigenvalue weighted by Gasteiger charge is 2.54. The second-order valence-electron chi connectivity index (χ2n) is 8.01. The van der Waals surface area contributed by atoms with Crippen LogP contribution >= 0.6 is 0 Å². The van der Waals surface area contributed by atoms with E-state index >= 15 is 0 Å². The molecule has 4 rings (SSSR count). The van der Waals surface area contributed by atoms with Gasteiger partial charge in [-0.1, -0.05) is 13.0 Å². The Kier molecular flexibility index (Phi) is 5.73. The number of amides is 1. The van der Waals surface area contributed by atoms with E-state index in [4.69, 9.17) is 0 Å². The number of rotatable bonds is 5. The van der Waals surface area contributed by atoms with Crippen LogP contribution in [0, 0.1) is 23.7 Å². The van der Waals surface area contributed by atoms with Crippen molar-refractivity contribution in [1.29, 1.82) is 0 Å². The lowest BCUT2D eigenvalue weighted by Gasteiger charge is -2.43. The molecule has 1 aliphatic carbocycles. The van der Waals surface area contributed by atoms with Crippen molar-refractivity contribution in [2.45, 2.75) is 25.6 Å². The fourth-order valence-electron chi connectivity index (χ4n) is 4.79. The highest BCUT2D eigenvalue weighted by Crippen LogP contribution is 2.44. The third-order valence-electron chi connectivity index (χ3n) is 6.31. The molecule has 1 aliphatic heterocycles. The van der Waals surface area contributed by atoms with Crippen molar-refractivity contribution in [3.63, 3.8) is 0 Å². The predicted molar refractivity (Wildman–Crippen MR) is 107 cm³/mol. The summed E-state index contributed by atoms with van der Waals surface area (Å²) in [5.41, 5.74) is 0.922. The van der Waals surface area contributed by atoms with Gasteiger partial charge in [0.25, 0.3) is 0 Å². The monoisotopic (exact) mass is 397 g/mol. The molecule has 154 valence electrons. The van der Waals surface area contributed by atoms with E-state index in [2.05, 4.69) is 20.3 Å². The quantitative estimate of drug-likeness (QED) is 0.664. The first kappa shape index (κ1) is 19.7. The Hall–Kier alpha value is -2.58. The van der Waals surface area contributed by atoms with Gasteiger partial charge in [-0.2, -0.15) is 0 Å². The molecule has 0 bridgehead atoms. The lowest BCUT2D eigenvalue weighted by molar-refractivity contribution is -0.145. The number of aliphatic hydroxyl groups excluding tert-OH is 2. The second kappa shape index (κ2) is 8.42. The normalized spacial score (nSPS) is 31.3. The molecule has 2 fully saturated rings. The van der Waals surface area contributed by atoms with Crippen molar-refractivity contribution in [3.8, 4) is 0 Å². The van der Waals surface area contributed by atoms with Crippen molar-refractivity contribution in [2.24, 2.45) is 23.7 Å². The van der Waals surface area contributed by atoms with Crippen molar-refractivity contribution in [2.75, 3.05) is 24.5 Å². The van der Waals surface area contributed by atoms with Gasteiger partial charge in [-0.25, -0.2) is 9.97 Å². The van der Waals surface area contributed by atoms with Crippen LogP contribution in [0.5, 0.6) is 0 Å². The van der Waals surface area contributed by atoms with Gasteiger partial charge in [0.2, 0.25) is 11.9 Å². The number of pyridine rings is 1. The number of anilines is 1. The molecule has 2 aliphatic rings. The molecule has 0 spiro atoms. The lowest BCUT2D eigenvalue weighted by Crippen LogP contribution is -2.55. The number of hydrogen-bond donors (Lipinski definition) is 3. The van der Waals surface area contributed by atoms with Crippen LogP contribution in [0.15, 0.2) is 42.9 Å². The largest absolute Gasteiger partial charge is 0.390 e. The minimum atomic E-state index is -0.931. The van der Waals surface area contributed by atoms with E-state index in [1.165, 1.54) is 0 Å². The Balaban J connectivity index is 1.46. The van der Waals surface area contributed by atoms with Crippen LogP contribution in [-0.2, 0) is 11.2 Å². The van der Waals surface area contributed by atoms with Crippen LogP contribution in [0.1, 0.15) is 12.6 Å². The van der Waals surface area contributed by atoms with Crippen LogP contribution < -0.4 is 10.2 Å². The SMILES string of the molecule is C[C@H]1[C@H](O)[C@@H](O)[C@H]2CN(c3ncccn3)C[C@@H]2[C@H]1C(=O)NCCc1ccccn1. The molecule has 6 atom stereocenters. The Morgan fingerprint density at radius 2 is 1.79 bits per heavy atom. The van der Waals surface area contributed by atoms with Gasteiger partial charge in [0, 0.05) is 62.2 Å². The van der Waals surface area contributed by atoms with Gasteiger partial charge in [-0.05, 0) is 30.0 Å². The highest BCUT2D eigenvalue weighted by atomic mass is 16.3. The molecule has 0 unspecified atom stereocenters. The van der Waals surface area contributed by atoms with Crippen molar-refractivity contribution < 1.29 is 15.0 Å². The van der Waals surface area contributed by atoms with Crippen LogP contribution in [0.4, 0.5) is 5.95 Å². The summed E-state index contributed by atoms with van der Waals surface area (Å²) in [6.07, 6.45) is 3.96. The van der Waals surface area contributed by atoms with Crippen molar-refractivity contribution in [1.82, 2.24) is 20.3 Å². The summed E-state index contributed by atoms with van der Waals surface area (Å²) < 4.78 is 0. The Labute approximate surface area is 170 Å². The summed E-state index contributed by atoms with van der Waals surface area (Å²) in [5.74, 6) is -0.469. The third kappa shape index (κ3) is 3.95. The molecular formula is C21H27N5O3. The molecule has 8 heteroatoms. The lowest BCUT2D eigenvalue weighted by atomic mass is 9.65. The molecule has 29 heavy (non-hydrogen) atoms. The average molecular weight is 397 g/mol. The number of carbonyl (C=O) groups is 1. The molecule has 0 radical (unpaired) electrons. The van der Waals surface area contributed by atoms with Gasteiger partial charge >= 0.3 is 0 Å². The summed E-state index contributed by atoms with van der Waals surface area (Å²) >= 11 is 0. The van der Waals surface area contributed by atoms with Gasteiger partial charge in [0.05, 0.1) is 12.2 Å². The molecule has 0 aromatic carbocycles. The number of carbonyl (C=O) groups excluding carboxylic acids is 1. The van der Waals surface area contributed by atoms with Crippen LogP contribution in [0.3, 0.4) is 0 Å². The fraction of sp³-hybridized carbons (Fsp3) is 0.524. The van der Waals surface area contributed by atoms with Gasteiger partial charge in [0.15, 0.2) is 0 Å². The zero-order chi connectivity index (χ0) is 20.4. The van der Waals surface area contributed by atoms with E-state index in [-0.39, 0.29) is 29.6 Å². The summed E-state index contributed by atoms with van der Waals surface area (Å²) in [4.78, 5) is 27.9. The number of fused-ring (bicyclic) bond motifs is 1. The third-order valence-corrected chi connectivity index (χ3v) is 6.31. The van der Waals surface area contributed by atoms with Gasteiger partial charge in [0.1, 0.15) is 0 Å². The number of nitrogens with zero attached hydrogens (tertiary/aromatic N) is 4. The average Bonchev–Trinajstić information content (AvgIpc) is 3.19. The second-order valence-corrected chi connectivity index (χ2v) is 8.01. The minimum Gasteiger partial charge on any atom is -0.390 e. The fourth-order valence-corrected chi connectivity index (χ4v) is 4.79. The number of aromatic nitrogens is 3. The maximum Gasteiger partial charge on any atom is 0.225 e. The highest BCUT2D eigenvalue weighted by molar-refractivity contribution is 5.79. The zero-order valence-corrected chi connectivity index (χ0v) is 16.4. The van der Waals surface area contributed by atoms with E-state index < -0.39 is 12.2 Å². The topological polar surface area (TPSA) is 111 Å². The number of nitrogens with one attached hydrogen (secondary N) is 1. The first-order chi connectivity index (χ1) is 14.1. The standard InChI is InChI=1S/C21H27N5O3/c1-13-17(20(29)23-10-6-14-5-2-3-7-22-14)15-11-26(21-24-8-4-9-25-21)12-16(15)19(28)18(13)27/h2-5,7-9,13,15-19,27-28H,6,10-12H2,1H3,(H,23,29)/t13-,15+,16+,17+,18+,19+/m1/s1. The van der Waals surface area contributed by atoms with Crippen molar-refractivity contribution >= 4 is 11.9 Å². The molecule has 1 saturated carbocycles. The van der Waals surface area contributed by atoms with Gasteiger partial charge in [-0.15, -0.1) is 0 Å². The van der Waals surface area contributed by atoms with Crippen LogP contribution in [0.2, 0.25) is 0 Å². The molecule has 8 nitrogen and oxygen atoms in total. The number of aliphatic hydroxyl groups is 2. The Bertz CT molecular complexity index is 822. The van der Waals surface area contributed by atoms with E-state index in [9.17, 15) is 15.0 Å². The Morgan fingerprint density at radius 1 is 1.07 bits per heavy atom. The van der Waals surface area contributed by atoms with Crippen molar-refractivity contribution in [3.05, 3.63) is 48.5 Å². The maximum absolute atomic E-state index is 13.1. The minimum absolute atomic E-state index is 0.0675. The smallest absolute Gasteiger partial charge is 0.225 e. The first-order valence-corrected chi connectivity index (χ1v) is 10.1. The van der Waals surface area contributed by atoms with E-state index in [0.717, 1.165) is 5.69 Å². The summed E-state index contributed by atoms with van der Waals surface area (Å²) in [7, 11) is 0. The first-order valence-electron chi connectivity index (χ1n) is 10.1. The van der Waals surface area contributed by atoms with Gasteiger partial charge in [-0.3, -0.25) is 9.78 Å². The molecule has 2 aromatic rings. The molecule has 1 amide bonds. The molecule has 3 heterocycles. The molecule has 2 aromatic heterocycles. The molecule has 3 N–H and O–H groups in total. The molecular weight excluding hydrogens is 370 g/mol. The van der Waals surface area contributed by atoms with E-state index in [1.807, 2.05) is 30.0 Å². The molecule has 1 saturated heterocycles. The maximum atomic E-state index is 13.1. The van der Waals surface area contributed by atoms with E-state index in [1.54, 1.807) is 24.7 Å². The Morgan fingerprint density at radius 3 is 2.52 bits per heavy atom. The summed E-state index contributed by atoms with van der Waals surface area (Å²) in [6, 6.07) is 7.47. The summed E-state index contributed by atoms with van der Waals surface area (Å²) in [6.45, 7) is 3.44. The number of hydrogen-bond acceptors (Lipinski definition) is 7. The van der Waals surface area contributed by atoms with Crippen LogP contribution in [0.25, 0.3) is 0 Å². The predicted octanol–water partition coefficient (Wildman–Crippen LogP) is 0.271. The van der Waals surface area contributed by atoms with Gasteiger partial charge < -0.3 is 20.4 Å². The van der Waals surface area contributed by atoms with Crippen LogP contribution in [-0.4, -0.2) is 62.9 Å². The zero-order valence-electron chi connectivity index (χ0n) is 16.4. The summed E-state index contributed by atoms with van der Waals surface area (Å²) in [5, 5.41) is 24.2.